The van der Waals surface area contributed by atoms with Crippen LogP contribution in [0.25, 0.3) is 10.4 Å². The zero-order valence-corrected chi connectivity index (χ0v) is 34.0. The van der Waals surface area contributed by atoms with Crippen LogP contribution < -0.4 is 14.9 Å². The molecule has 304 valence electrons. The minimum Gasteiger partial charge on any atom is -0.465 e. The molecule has 59 heavy (non-hydrogen) atoms. The van der Waals surface area contributed by atoms with E-state index in [0.29, 0.717) is 28.2 Å². The maximum atomic E-state index is 14.1. The molecule has 1 aliphatic carbocycles. The number of esters is 2. The Hall–Kier alpha value is -6.55. The Labute approximate surface area is 345 Å². The number of methoxy groups -OCH3 is 2. The molecule has 2 N–H and O–H groups in total. The topological polar surface area (TPSA) is 210 Å². The lowest BCUT2D eigenvalue weighted by Gasteiger charge is -2.23. The molecule has 0 saturated carbocycles. The van der Waals surface area contributed by atoms with Gasteiger partial charge in [-0.2, -0.15) is 0 Å². The van der Waals surface area contributed by atoms with E-state index in [4.69, 9.17) is 15.0 Å². The van der Waals surface area contributed by atoms with Crippen LogP contribution >= 0.6 is 11.3 Å². The third-order valence-electron chi connectivity index (χ3n) is 9.71. The van der Waals surface area contributed by atoms with E-state index in [-0.39, 0.29) is 53.2 Å². The summed E-state index contributed by atoms with van der Waals surface area (Å²) in [7, 11) is -1.77. The van der Waals surface area contributed by atoms with Crippen LogP contribution in [0.15, 0.2) is 101 Å². The van der Waals surface area contributed by atoms with Gasteiger partial charge in [-0.05, 0) is 122 Å². The molecule has 3 aromatic carbocycles. The number of benzene rings is 3. The number of anilines is 3. The van der Waals surface area contributed by atoms with Crippen LogP contribution in [0.1, 0.15) is 82.3 Å². The Balaban J connectivity index is 1.18. The molecule has 0 spiro atoms. The van der Waals surface area contributed by atoms with Crippen molar-refractivity contribution >= 4 is 61.6 Å². The van der Waals surface area contributed by atoms with Crippen LogP contribution in [0.2, 0.25) is 0 Å². The maximum Gasteiger partial charge on any atom is 0.339 e. The molecule has 0 radical (unpaired) electrons. The van der Waals surface area contributed by atoms with Gasteiger partial charge in [0.2, 0.25) is 0 Å². The van der Waals surface area contributed by atoms with Gasteiger partial charge in [0.05, 0.1) is 35.8 Å². The summed E-state index contributed by atoms with van der Waals surface area (Å²) in [6.45, 7) is -0.0904. The van der Waals surface area contributed by atoms with Crippen molar-refractivity contribution in [2.45, 2.75) is 49.8 Å². The number of nitrogens with one attached hydrogen (secondary N) is 2. The van der Waals surface area contributed by atoms with Crippen molar-refractivity contribution in [3.05, 3.63) is 145 Å². The van der Waals surface area contributed by atoms with Gasteiger partial charge >= 0.3 is 11.9 Å². The quantitative estimate of drug-likeness (QED) is 0.0326. The number of hydrogen-bond acceptors (Lipinski definition) is 11. The molecule has 17 heteroatoms. The molecule has 2 amide bonds. The van der Waals surface area contributed by atoms with Crippen LogP contribution in [0.4, 0.5) is 16.5 Å². The van der Waals surface area contributed by atoms with Gasteiger partial charge in [0, 0.05) is 40.3 Å². The summed E-state index contributed by atoms with van der Waals surface area (Å²) in [6.07, 6.45) is 6.18. The zero-order valence-electron chi connectivity index (χ0n) is 32.3. The van der Waals surface area contributed by atoms with Crippen molar-refractivity contribution in [2.75, 3.05) is 42.2 Å². The third kappa shape index (κ3) is 10.1. The van der Waals surface area contributed by atoms with Crippen LogP contribution in [0.5, 0.6) is 0 Å². The Bertz CT molecular complexity index is 2500. The van der Waals surface area contributed by atoms with E-state index in [0.717, 1.165) is 58.0 Å². The number of azide groups is 1. The van der Waals surface area contributed by atoms with Gasteiger partial charge < -0.3 is 20.1 Å². The number of aromatic nitrogens is 1. The minimum absolute atomic E-state index is 0.00631. The predicted octanol–water partition coefficient (Wildman–Crippen LogP) is 7.78. The smallest absolute Gasteiger partial charge is 0.339 e. The number of hydrogen-bond donors (Lipinski definition) is 2. The number of aryl methyl sites for hydroxylation is 3. The number of fused-ring (bicyclic) bond motifs is 1. The van der Waals surface area contributed by atoms with E-state index < -0.39 is 21.9 Å². The van der Waals surface area contributed by atoms with E-state index in [1.165, 1.54) is 68.2 Å². The summed E-state index contributed by atoms with van der Waals surface area (Å²) in [6, 6.07) is 23.1. The molecular formula is C42H41N7O8S2. The van der Waals surface area contributed by atoms with E-state index in [1.54, 1.807) is 12.1 Å². The number of amides is 2. The fourth-order valence-electron chi connectivity index (χ4n) is 6.62. The van der Waals surface area contributed by atoms with Crippen molar-refractivity contribution in [2.24, 2.45) is 5.11 Å². The molecule has 6 rings (SSSR count). The largest absolute Gasteiger partial charge is 0.465 e. The average Bonchev–Trinajstić information content (AvgIpc) is 3.63. The van der Waals surface area contributed by atoms with Gasteiger partial charge in [0.25, 0.3) is 21.8 Å². The molecule has 2 heterocycles. The van der Waals surface area contributed by atoms with E-state index in [9.17, 15) is 27.6 Å². The Morgan fingerprint density at radius 1 is 0.831 bits per heavy atom. The molecule has 0 bridgehead atoms. The molecule has 15 nitrogen and oxygen atoms in total. The number of carbonyl (C=O) groups is 4. The van der Waals surface area contributed by atoms with Gasteiger partial charge in [-0.25, -0.2) is 27.3 Å². The first-order chi connectivity index (χ1) is 28.5. The molecule has 0 fully saturated rings. The fraction of sp³-hybridized carbons (Fsp3) is 0.262. The monoisotopic (exact) mass is 835 g/mol. The second-order valence-electron chi connectivity index (χ2n) is 13.5. The van der Waals surface area contributed by atoms with Crippen molar-refractivity contribution in [1.29, 1.82) is 0 Å². The molecule has 0 atom stereocenters. The number of rotatable bonds is 16. The predicted molar refractivity (Wildman–Crippen MR) is 224 cm³/mol. The molecule has 5 aromatic rings. The second kappa shape index (κ2) is 19.3. The first kappa shape index (κ1) is 42.1. The number of sulfonamides is 1. The maximum absolute atomic E-state index is 14.1. The number of pyridine rings is 1. The van der Waals surface area contributed by atoms with Crippen LogP contribution in [-0.4, -0.2) is 64.5 Å². The highest BCUT2D eigenvalue weighted by Gasteiger charge is 2.29. The average molecular weight is 836 g/mol. The first-order valence-electron chi connectivity index (χ1n) is 18.7. The Kier molecular flexibility index (Phi) is 13.7. The van der Waals surface area contributed by atoms with Gasteiger partial charge in [-0.15, -0.1) is 11.3 Å². The summed E-state index contributed by atoms with van der Waals surface area (Å²) in [4.78, 5) is 59.2. The highest BCUT2D eigenvalue weighted by atomic mass is 32.2. The van der Waals surface area contributed by atoms with E-state index >= 15 is 0 Å². The van der Waals surface area contributed by atoms with Gasteiger partial charge in [0.15, 0.2) is 0 Å². The highest BCUT2D eigenvalue weighted by Crippen LogP contribution is 2.39. The van der Waals surface area contributed by atoms with Crippen molar-refractivity contribution in [3.8, 4) is 0 Å². The first-order valence-corrected chi connectivity index (χ1v) is 21.0. The van der Waals surface area contributed by atoms with Crippen LogP contribution in [0.3, 0.4) is 0 Å². The molecule has 0 unspecified atom stereocenters. The van der Waals surface area contributed by atoms with Crippen molar-refractivity contribution in [3.63, 3.8) is 0 Å². The fourth-order valence-corrected chi connectivity index (χ4v) is 9.40. The van der Waals surface area contributed by atoms with Gasteiger partial charge in [-0.3, -0.25) is 9.59 Å². The molecular weight excluding hydrogens is 795 g/mol. The minimum atomic E-state index is -4.33. The molecule has 0 aliphatic heterocycles. The summed E-state index contributed by atoms with van der Waals surface area (Å²) < 4.78 is 38.7. The van der Waals surface area contributed by atoms with Crippen LogP contribution in [0, 0.1) is 0 Å². The Morgan fingerprint density at radius 3 is 2.15 bits per heavy atom. The van der Waals surface area contributed by atoms with Gasteiger partial charge in [-0.1, -0.05) is 35.4 Å². The lowest BCUT2D eigenvalue weighted by molar-refractivity contribution is 0.0591. The summed E-state index contributed by atoms with van der Waals surface area (Å²) in [5.41, 5.74) is 13.4. The Morgan fingerprint density at radius 2 is 1.49 bits per heavy atom. The van der Waals surface area contributed by atoms with E-state index in [1.807, 2.05) is 36.4 Å². The number of nitrogens with zero attached hydrogens (tertiary/aromatic N) is 5. The summed E-state index contributed by atoms with van der Waals surface area (Å²) in [5.74, 6) is -1.98. The number of ether oxygens (including phenoxy) is 2. The SMILES string of the molecule is COC(=O)c1ccc(CCc2ccc(NC(=O)c3c(NC(=O)c4cccc(S(=O)(=O)N(CCCN=[N+]=[N-])c5ccc(C(=O)OC)cn5)c4)sc4c3CCCC4)cc2)cc1. The zero-order chi connectivity index (χ0) is 41.9. The standard InChI is InChI=1S/C42H41N7O8S2/c1-56-41(52)29-17-13-27(14-18-29)11-12-28-15-20-32(21-16-28)46-39(51)37-34-9-3-4-10-35(34)58-40(37)47-38(50)30-7-5-8-33(25-30)59(54,55)49(24-6-23-45-48-43)36-22-19-31(26-44-36)42(53)57-2/h5,7-8,13-22,25-26H,3-4,6,9-12,23-24H2,1-2H3,(H,46,51)(H,47,50). The van der Waals surface area contributed by atoms with Crippen LogP contribution in [-0.2, 0) is 45.2 Å². The van der Waals surface area contributed by atoms with E-state index in [2.05, 4.69) is 25.6 Å². The third-order valence-corrected chi connectivity index (χ3v) is 12.7. The second-order valence-corrected chi connectivity index (χ2v) is 16.5. The molecule has 1 aliphatic rings. The molecule has 0 saturated heterocycles. The lowest BCUT2D eigenvalue weighted by atomic mass is 9.95. The van der Waals surface area contributed by atoms with Crippen molar-refractivity contribution in [1.82, 2.24) is 4.98 Å². The number of carbonyl (C=O) groups excluding carboxylic acids is 4. The lowest BCUT2D eigenvalue weighted by Crippen LogP contribution is -2.33. The van der Waals surface area contributed by atoms with Gasteiger partial charge in [0.1, 0.15) is 10.8 Å². The summed E-state index contributed by atoms with van der Waals surface area (Å²) in [5, 5.41) is 9.76. The number of thiophene rings is 1. The molecule has 2 aromatic heterocycles. The highest BCUT2D eigenvalue weighted by molar-refractivity contribution is 7.92. The van der Waals surface area contributed by atoms with Crippen molar-refractivity contribution < 1.29 is 37.1 Å². The normalized spacial score (nSPS) is 12.0. The summed E-state index contributed by atoms with van der Waals surface area (Å²) >= 11 is 1.34.